The van der Waals surface area contributed by atoms with E-state index in [2.05, 4.69) is 10.1 Å². The average molecular weight is 272 g/mol. The van der Waals surface area contributed by atoms with Gasteiger partial charge < -0.3 is 9.63 Å². The topological polar surface area (TPSA) is 59.2 Å². The summed E-state index contributed by atoms with van der Waals surface area (Å²) in [4.78, 5) is 3.92. The Balaban J connectivity index is 2.09. The smallest absolute Gasteiger partial charge is 0.388 e. The summed E-state index contributed by atoms with van der Waals surface area (Å²) in [6.07, 6.45) is -5.30. The highest BCUT2D eigenvalue weighted by atomic mass is 19.4. The third kappa shape index (κ3) is 3.31. The van der Waals surface area contributed by atoms with Gasteiger partial charge in [0.05, 0.1) is 18.1 Å². The van der Waals surface area contributed by atoms with E-state index < -0.39 is 17.8 Å². The molecule has 102 valence electrons. The van der Waals surface area contributed by atoms with Crippen molar-refractivity contribution < 1.29 is 22.8 Å². The molecule has 0 aliphatic rings. The van der Waals surface area contributed by atoms with Crippen molar-refractivity contribution >= 4 is 0 Å². The number of nitrogens with zero attached hydrogens (tertiary/aromatic N) is 2. The van der Waals surface area contributed by atoms with E-state index in [-0.39, 0.29) is 12.3 Å². The van der Waals surface area contributed by atoms with Crippen LogP contribution >= 0.6 is 0 Å². The molecule has 1 heterocycles. The second-order valence-electron chi connectivity index (χ2n) is 4.08. The van der Waals surface area contributed by atoms with Gasteiger partial charge in [0, 0.05) is 0 Å². The minimum atomic E-state index is -4.38. The molecule has 0 spiro atoms. The lowest BCUT2D eigenvalue weighted by Crippen LogP contribution is -2.06. The number of hydrogen-bond acceptors (Lipinski definition) is 4. The number of halogens is 3. The van der Waals surface area contributed by atoms with Gasteiger partial charge in [-0.25, -0.2) is 0 Å². The lowest BCUT2D eigenvalue weighted by Gasteiger charge is -2.11. The SMILES string of the molecule is Cc1noc(CC(O)c2ccc(C(F)(F)F)cc2)n1. The molecule has 4 nitrogen and oxygen atoms in total. The van der Waals surface area contributed by atoms with Crippen molar-refractivity contribution in [1.29, 1.82) is 0 Å². The molecule has 2 aromatic rings. The number of aliphatic hydroxyl groups is 1. The number of alkyl halides is 3. The highest BCUT2D eigenvalue weighted by Gasteiger charge is 2.30. The van der Waals surface area contributed by atoms with E-state index in [1.807, 2.05) is 0 Å². The highest BCUT2D eigenvalue weighted by Crippen LogP contribution is 2.30. The van der Waals surface area contributed by atoms with Gasteiger partial charge in [-0.3, -0.25) is 0 Å². The summed E-state index contributed by atoms with van der Waals surface area (Å²) in [5.74, 6) is 0.680. The van der Waals surface area contributed by atoms with E-state index in [0.717, 1.165) is 12.1 Å². The van der Waals surface area contributed by atoms with Crippen LogP contribution in [0.15, 0.2) is 28.8 Å². The number of hydrogen-bond donors (Lipinski definition) is 1. The van der Waals surface area contributed by atoms with Gasteiger partial charge in [0.15, 0.2) is 5.82 Å². The summed E-state index contributed by atoms with van der Waals surface area (Å²) in [7, 11) is 0. The van der Waals surface area contributed by atoms with E-state index in [0.29, 0.717) is 11.4 Å². The molecule has 1 aromatic heterocycles. The molecule has 1 N–H and O–H groups in total. The predicted octanol–water partition coefficient (Wildman–Crippen LogP) is 2.67. The second kappa shape index (κ2) is 5.00. The predicted molar refractivity (Wildman–Crippen MR) is 59.1 cm³/mol. The Morgan fingerprint density at radius 1 is 1.26 bits per heavy atom. The summed E-state index contributed by atoms with van der Waals surface area (Å²) < 4.78 is 42.0. The standard InChI is InChI=1S/C12H11F3N2O2/c1-7-16-11(19-17-7)6-10(18)8-2-4-9(5-3-8)12(13,14)15/h2-5,10,18H,6H2,1H3. The van der Waals surface area contributed by atoms with Crippen molar-refractivity contribution in [3.8, 4) is 0 Å². The lowest BCUT2D eigenvalue weighted by molar-refractivity contribution is -0.137. The molecule has 0 bridgehead atoms. The van der Waals surface area contributed by atoms with Crippen LogP contribution in [0.25, 0.3) is 0 Å². The van der Waals surface area contributed by atoms with E-state index in [9.17, 15) is 18.3 Å². The number of rotatable bonds is 3. The fraction of sp³-hybridized carbons (Fsp3) is 0.333. The van der Waals surface area contributed by atoms with Crippen molar-refractivity contribution in [1.82, 2.24) is 10.1 Å². The first-order valence-corrected chi connectivity index (χ1v) is 5.50. The molecule has 1 unspecified atom stereocenters. The van der Waals surface area contributed by atoms with Crippen LogP contribution in [-0.4, -0.2) is 15.2 Å². The van der Waals surface area contributed by atoms with Gasteiger partial charge in [0.1, 0.15) is 0 Å². The van der Waals surface area contributed by atoms with Crippen LogP contribution in [0.2, 0.25) is 0 Å². The first-order valence-electron chi connectivity index (χ1n) is 5.50. The Morgan fingerprint density at radius 3 is 2.37 bits per heavy atom. The zero-order valence-corrected chi connectivity index (χ0v) is 9.98. The van der Waals surface area contributed by atoms with Crippen molar-refractivity contribution in [2.75, 3.05) is 0 Å². The largest absolute Gasteiger partial charge is 0.416 e. The molecule has 2 rings (SSSR count). The van der Waals surface area contributed by atoms with Gasteiger partial charge in [0.2, 0.25) is 5.89 Å². The monoisotopic (exact) mass is 272 g/mol. The van der Waals surface area contributed by atoms with Crippen molar-refractivity contribution in [3.05, 3.63) is 47.1 Å². The maximum Gasteiger partial charge on any atom is 0.416 e. The van der Waals surface area contributed by atoms with Crippen molar-refractivity contribution in [2.24, 2.45) is 0 Å². The summed E-state index contributed by atoms with van der Waals surface area (Å²) in [6, 6.07) is 4.32. The molecule has 1 aromatic carbocycles. The van der Waals surface area contributed by atoms with Crippen LogP contribution in [0, 0.1) is 6.92 Å². The van der Waals surface area contributed by atoms with Gasteiger partial charge >= 0.3 is 6.18 Å². The molecule has 0 saturated heterocycles. The fourth-order valence-electron chi connectivity index (χ4n) is 1.60. The van der Waals surface area contributed by atoms with Gasteiger partial charge in [-0.2, -0.15) is 18.2 Å². The molecule has 19 heavy (non-hydrogen) atoms. The Hall–Kier alpha value is -1.89. The zero-order chi connectivity index (χ0) is 14.0. The van der Waals surface area contributed by atoms with E-state index in [4.69, 9.17) is 4.52 Å². The molecule has 7 heteroatoms. The first-order chi connectivity index (χ1) is 8.86. The number of benzene rings is 1. The third-order valence-electron chi connectivity index (χ3n) is 2.56. The lowest BCUT2D eigenvalue weighted by atomic mass is 10.0. The van der Waals surface area contributed by atoms with E-state index in [1.54, 1.807) is 6.92 Å². The van der Waals surface area contributed by atoms with Crippen LogP contribution < -0.4 is 0 Å². The molecular weight excluding hydrogens is 261 g/mol. The molecule has 0 aliphatic carbocycles. The Bertz CT molecular complexity index is 549. The Kier molecular flexibility index (Phi) is 3.57. The second-order valence-corrected chi connectivity index (χ2v) is 4.08. The van der Waals surface area contributed by atoms with Crippen molar-refractivity contribution in [3.63, 3.8) is 0 Å². The van der Waals surface area contributed by atoms with Gasteiger partial charge in [-0.05, 0) is 24.6 Å². The minimum absolute atomic E-state index is 0.0617. The van der Waals surface area contributed by atoms with Crippen LogP contribution in [0.4, 0.5) is 13.2 Å². The summed E-state index contributed by atoms with van der Waals surface area (Å²) in [5.41, 5.74) is -0.388. The molecule has 0 saturated carbocycles. The minimum Gasteiger partial charge on any atom is -0.388 e. The molecule has 1 atom stereocenters. The quantitative estimate of drug-likeness (QED) is 0.933. The van der Waals surface area contributed by atoms with Gasteiger partial charge in [-0.15, -0.1) is 0 Å². The van der Waals surface area contributed by atoms with Crippen molar-refractivity contribution in [2.45, 2.75) is 25.6 Å². The zero-order valence-electron chi connectivity index (χ0n) is 9.98. The summed E-state index contributed by atoms with van der Waals surface area (Å²) in [5, 5.41) is 13.4. The summed E-state index contributed by atoms with van der Waals surface area (Å²) in [6.45, 7) is 1.64. The highest BCUT2D eigenvalue weighted by molar-refractivity contribution is 5.26. The molecular formula is C12H11F3N2O2. The Labute approximate surface area is 106 Å². The van der Waals surface area contributed by atoms with Gasteiger partial charge in [-0.1, -0.05) is 17.3 Å². The van der Waals surface area contributed by atoms with Crippen LogP contribution in [0.5, 0.6) is 0 Å². The van der Waals surface area contributed by atoms with Gasteiger partial charge in [0.25, 0.3) is 0 Å². The molecule has 0 radical (unpaired) electrons. The van der Waals surface area contributed by atoms with E-state index >= 15 is 0 Å². The fourth-order valence-corrected chi connectivity index (χ4v) is 1.60. The number of aromatic nitrogens is 2. The number of aliphatic hydroxyl groups excluding tert-OH is 1. The average Bonchev–Trinajstić information content (AvgIpc) is 2.74. The third-order valence-corrected chi connectivity index (χ3v) is 2.56. The summed E-state index contributed by atoms with van der Waals surface area (Å²) >= 11 is 0. The van der Waals surface area contributed by atoms with Crippen LogP contribution in [0.3, 0.4) is 0 Å². The number of aryl methyl sites for hydroxylation is 1. The van der Waals surface area contributed by atoms with Crippen LogP contribution in [-0.2, 0) is 12.6 Å². The van der Waals surface area contributed by atoms with Crippen LogP contribution in [0.1, 0.15) is 28.9 Å². The Morgan fingerprint density at radius 2 is 1.89 bits per heavy atom. The molecule has 0 aliphatic heterocycles. The molecule has 0 fully saturated rings. The first kappa shape index (κ1) is 13.5. The maximum atomic E-state index is 12.4. The normalized spacial score (nSPS) is 13.5. The molecule has 0 amide bonds. The van der Waals surface area contributed by atoms with E-state index in [1.165, 1.54) is 12.1 Å². The maximum absolute atomic E-state index is 12.4.